The number of hydrogen-bond acceptors (Lipinski definition) is 3. The first-order chi connectivity index (χ1) is 5.95. The zero-order valence-electron chi connectivity index (χ0n) is 6.56. The van der Waals surface area contributed by atoms with Gasteiger partial charge in [-0.15, -0.1) is 11.3 Å². The molecule has 0 atom stereocenters. The van der Waals surface area contributed by atoms with E-state index < -0.39 is 0 Å². The van der Waals surface area contributed by atoms with Crippen LogP contribution in [0.3, 0.4) is 0 Å². The molecular formula is C9H9NOS. The molecule has 0 amide bonds. The van der Waals surface area contributed by atoms with E-state index in [9.17, 15) is 0 Å². The van der Waals surface area contributed by atoms with E-state index >= 15 is 0 Å². The van der Waals surface area contributed by atoms with Crippen molar-refractivity contribution in [1.29, 1.82) is 0 Å². The van der Waals surface area contributed by atoms with Gasteiger partial charge in [-0.1, -0.05) is 6.07 Å². The molecule has 3 heteroatoms. The molecule has 0 spiro atoms. The average Bonchev–Trinajstić information content (AvgIpc) is 2.74. The van der Waals surface area contributed by atoms with E-state index in [-0.39, 0.29) is 0 Å². The third-order valence-electron chi connectivity index (χ3n) is 1.65. The normalized spacial score (nSPS) is 10.3. The van der Waals surface area contributed by atoms with Gasteiger partial charge in [-0.05, 0) is 17.9 Å². The monoisotopic (exact) mass is 179 g/mol. The largest absolute Gasteiger partial charge is 0.449 e. The topological polar surface area (TPSA) is 26.0 Å². The Kier molecular flexibility index (Phi) is 2.23. The highest BCUT2D eigenvalue weighted by Crippen LogP contribution is 2.11. The van der Waals surface area contributed by atoms with Crippen molar-refractivity contribution in [3.8, 4) is 0 Å². The van der Waals surface area contributed by atoms with Gasteiger partial charge < -0.3 is 4.42 Å². The fraction of sp³-hybridized carbons (Fsp3) is 0.222. The number of thiophene rings is 1. The zero-order valence-corrected chi connectivity index (χ0v) is 7.38. The van der Waals surface area contributed by atoms with Crippen LogP contribution in [0.2, 0.25) is 0 Å². The van der Waals surface area contributed by atoms with Crippen LogP contribution in [-0.4, -0.2) is 4.98 Å². The summed E-state index contributed by atoms with van der Waals surface area (Å²) < 4.78 is 5.13. The van der Waals surface area contributed by atoms with Crippen LogP contribution >= 0.6 is 11.3 Å². The highest BCUT2D eigenvalue weighted by Gasteiger charge is 1.98. The average molecular weight is 179 g/mol. The summed E-state index contributed by atoms with van der Waals surface area (Å²) in [7, 11) is 0. The smallest absolute Gasteiger partial charge is 0.194 e. The Labute approximate surface area is 74.9 Å². The van der Waals surface area contributed by atoms with Crippen LogP contribution in [0, 0.1) is 0 Å². The summed E-state index contributed by atoms with van der Waals surface area (Å²) in [5.74, 6) is 0.823. The van der Waals surface area contributed by atoms with Crippen molar-refractivity contribution in [3.05, 3.63) is 40.7 Å². The predicted molar refractivity (Wildman–Crippen MR) is 48.2 cm³/mol. The van der Waals surface area contributed by atoms with E-state index in [1.165, 1.54) is 4.88 Å². The van der Waals surface area contributed by atoms with Gasteiger partial charge in [0.1, 0.15) is 6.26 Å². The number of hydrogen-bond donors (Lipinski definition) is 0. The summed E-state index contributed by atoms with van der Waals surface area (Å²) in [6.07, 6.45) is 5.22. The number of aryl methyl sites for hydroxylation is 2. The van der Waals surface area contributed by atoms with Crippen LogP contribution in [0.25, 0.3) is 0 Å². The molecule has 0 aliphatic rings. The Morgan fingerprint density at radius 2 is 2.42 bits per heavy atom. The van der Waals surface area contributed by atoms with Crippen LogP contribution in [0.1, 0.15) is 10.8 Å². The second-order valence-electron chi connectivity index (χ2n) is 2.51. The van der Waals surface area contributed by atoms with Gasteiger partial charge in [0.15, 0.2) is 5.89 Å². The molecule has 62 valence electrons. The van der Waals surface area contributed by atoms with Crippen LogP contribution in [0.4, 0.5) is 0 Å². The van der Waals surface area contributed by atoms with Gasteiger partial charge in [0.05, 0.1) is 6.20 Å². The maximum Gasteiger partial charge on any atom is 0.194 e. The second kappa shape index (κ2) is 3.54. The molecule has 2 nitrogen and oxygen atoms in total. The molecule has 0 bridgehead atoms. The summed E-state index contributed by atoms with van der Waals surface area (Å²) in [6, 6.07) is 4.20. The van der Waals surface area contributed by atoms with Gasteiger partial charge >= 0.3 is 0 Å². The minimum absolute atomic E-state index is 0.823. The van der Waals surface area contributed by atoms with Crippen LogP contribution in [0.5, 0.6) is 0 Å². The maximum absolute atomic E-state index is 5.13. The molecule has 2 aromatic heterocycles. The van der Waals surface area contributed by atoms with Crippen LogP contribution in [-0.2, 0) is 12.8 Å². The standard InChI is InChI=1S/C9H9NOS/c1-2-8(12-7-1)3-4-9-10-5-6-11-9/h1-2,5-7H,3-4H2. The fourth-order valence-corrected chi connectivity index (χ4v) is 1.77. The minimum Gasteiger partial charge on any atom is -0.449 e. The lowest BCUT2D eigenvalue weighted by Gasteiger charge is -1.91. The van der Waals surface area contributed by atoms with E-state index in [1.54, 1.807) is 23.8 Å². The summed E-state index contributed by atoms with van der Waals surface area (Å²) in [6.45, 7) is 0. The first-order valence-electron chi connectivity index (χ1n) is 3.86. The molecule has 2 rings (SSSR count). The lowest BCUT2D eigenvalue weighted by Crippen LogP contribution is -1.87. The molecule has 0 saturated heterocycles. The van der Waals surface area contributed by atoms with Crippen molar-refractivity contribution in [2.75, 3.05) is 0 Å². The quantitative estimate of drug-likeness (QED) is 0.723. The SMILES string of the molecule is c1csc(CCc2ncco2)c1. The number of nitrogens with zero attached hydrogens (tertiary/aromatic N) is 1. The molecule has 12 heavy (non-hydrogen) atoms. The van der Waals surface area contributed by atoms with Crippen LogP contribution < -0.4 is 0 Å². The van der Waals surface area contributed by atoms with E-state index in [1.807, 2.05) is 0 Å². The first-order valence-corrected chi connectivity index (χ1v) is 4.74. The number of aromatic nitrogens is 1. The first kappa shape index (κ1) is 7.55. The van der Waals surface area contributed by atoms with E-state index in [0.717, 1.165) is 18.7 Å². The Morgan fingerprint density at radius 1 is 1.42 bits per heavy atom. The van der Waals surface area contributed by atoms with Gasteiger partial charge in [0.25, 0.3) is 0 Å². The summed E-state index contributed by atoms with van der Waals surface area (Å²) in [5, 5.41) is 2.09. The zero-order chi connectivity index (χ0) is 8.23. The van der Waals surface area contributed by atoms with E-state index in [0.29, 0.717) is 0 Å². The van der Waals surface area contributed by atoms with Crippen molar-refractivity contribution in [2.45, 2.75) is 12.8 Å². The molecule has 0 saturated carbocycles. The second-order valence-corrected chi connectivity index (χ2v) is 3.54. The maximum atomic E-state index is 5.13. The summed E-state index contributed by atoms with van der Waals surface area (Å²) in [4.78, 5) is 5.44. The fourth-order valence-electron chi connectivity index (χ4n) is 1.06. The molecule has 0 unspecified atom stereocenters. The third-order valence-corrected chi connectivity index (χ3v) is 2.59. The van der Waals surface area contributed by atoms with E-state index in [4.69, 9.17) is 4.42 Å². The highest BCUT2D eigenvalue weighted by molar-refractivity contribution is 7.09. The van der Waals surface area contributed by atoms with Gasteiger partial charge in [-0.3, -0.25) is 0 Å². The molecule has 0 aromatic carbocycles. The molecule has 0 fully saturated rings. The summed E-state index contributed by atoms with van der Waals surface area (Å²) >= 11 is 1.78. The third kappa shape index (κ3) is 1.74. The minimum atomic E-state index is 0.823. The highest BCUT2D eigenvalue weighted by atomic mass is 32.1. The Bertz CT molecular complexity index is 278. The lowest BCUT2D eigenvalue weighted by molar-refractivity contribution is 0.494. The Balaban J connectivity index is 1.91. The van der Waals surface area contributed by atoms with Crippen molar-refractivity contribution in [1.82, 2.24) is 4.98 Å². The van der Waals surface area contributed by atoms with Gasteiger partial charge in [-0.25, -0.2) is 4.98 Å². The lowest BCUT2D eigenvalue weighted by atomic mass is 10.3. The number of rotatable bonds is 3. The molecule has 2 heterocycles. The van der Waals surface area contributed by atoms with Crippen molar-refractivity contribution in [2.24, 2.45) is 0 Å². The van der Waals surface area contributed by atoms with Crippen molar-refractivity contribution in [3.63, 3.8) is 0 Å². The number of oxazole rings is 1. The van der Waals surface area contributed by atoms with E-state index in [2.05, 4.69) is 22.5 Å². The predicted octanol–water partition coefficient (Wildman–Crippen LogP) is 2.52. The molecule has 0 N–H and O–H groups in total. The van der Waals surface area contributed by atoms with Gasteiger partial charge in [0, 0.05) is 11.3 Å². The van der Waals surface area contributed by atoms with Gasteiger partial charge in [0.2, 0.25) is 0 Å². The van der Waals surface area contributed by atoms with Crippen molar-refractivity contribution < 1.29 is 4.42 Å². The van der Waals surface area contributed by atoms with Gasteiger partial charge in [-0.2, -0.15) is 0 Å². The molecule has 0 aliphatic carbocycles. The molecule has 0 radical (unpaired) electrons. The molecular weight excluding hydrogens is 170 g/mol. The Hall–Kier alpha value is -1.09. The van der Waals surface area contributed by atoms with Crippen molar-refractivity contribution >= 4 is 11.3 Å². The Morgan fingerprint density at radius 3 is 3.08 bits per heavy atom. The molecule has 2 aromatic rings. The van der Waals surface area contributed by atoms with Crippen LogP contribution in [0.15, 0.2) is 34.4 Å². The molecule has 0 aliphatic heterocycles. The summed E-state index contributed by atoms with van der Waals surface area (Å²) in [5.41, 5.74) is 0.